The summed E-state index contributed by atoms with van der Waals surface area (Å²) in [6, 6.07) is 46.7. The largest absolute Gasteiger partial charge is 0.464 e. The van der Waals surface area contributed by atoms with Crippen LogP contribution in [0.4, 0.5) is 0 Å². The smallest absolute Gasteiger partial charge is 0.134 e. The summed E-state index contributed by atoms with van der Waals surface area (Å²) >= 11 is 1.86. The van der Waals surface area contributed by atoms with Crippen LogP contribution >= 0.6 is 11.3 Å². The number of thiophene rings is 1. The first kappa shape index (κ1) is 22.0. The van der Waals surface area contributed by atoms with Gasteiger partial charge in [-0.05, 0) is 84.9 Å². The molecule has 2 aromatic heterocycles. The van der Waals surface area contributed by atoms with Gasteiger partial charge in [0.25, 0.3) is 0 Å². The highest BCUT2D eigenvalue weighted by Crippen LogP contribution is 2.46. The second-order valence-electron chi connectivity index (χ2n) is 10.5. The summed E-state index contributed by atoms with van der Waals surface area (Å²) < 4.78 is 8.30. The summed E-state index contributed by atoms with van der Waals surface area (Å²) in [5.41, 5.74) is 6.04. The van der Waals surface area contributed by atoms with Crippen molar-refractivity contribution in [3.05, 3.63) is 134 Å². The lowest BCUT2D eigenvalue weighted by atomic mass is 9.85. The second kappa shape index (κ2) is 8.29. The molecule has 40 heavy (non-hydrogen) atoms. The Morgan fingerprint density at radius 2 is 1.00 bits per heavy atom. The maximum absolute atomic E-state index is 5.71. The monoisotopic (exact) mass is 526 g/mol. The number of fused-ring (bicyclic) bond motifs is 7. The van der Waals surface area contributed by atoms with Gasteiger partial charge in [-0.25, -0.2) is 0 Å². The van der Waals surface area contributed by atoms with Crippen molar-refractivity contribution in [1.29, 1.82) is 0 Å². The van der Waals surface area contributed by atoms with Gasteiger partial charge in [-0.1, -0.05) is 97.1 Å². The average Bonchev–Trinajstić information content (AvgIpc) is 3.61. The number of hydrogen-bond donors (Lipinski definition) is 0. The van der Waals surface area contributed by atoms with Crippen molar-refractivity contribution in [3.63, 3.8) is 0 Å². The fourth-order valence-electron chi connectivity index (χ4n) is 6.48. The van der Waals surface area contributed by atoms with Crippen molar-refractivity contribution in [3.8, 4) is 22.3 Å². The summed E-state index contributed by atoms with van der Waals surface area (Å²) in [4.78, 5) is 0. The molecule has 0 atom stereocenters. The van der Waals surface area contributed by atoms with Crippen LogP contribution in [0, 0.1) is 0 Å². The van der Waals surface area contributed by atoms with E-state index in [1.54, 1.807) is 6.26 Å². The first-order valence-electron chi connectivity index (χ1n) is 13.6. The molecule has 0 radical (unpaired) electrons. The zero-order chi connectivity index (χ0) is 26.2. The molecule has 9 rings (SSSR count). The van der Waals surface area contributed by atoms with E-state index in [1.165, 1.54) is 74.7 Å². The molecule has 0 aliphatic rings. The number of furan rings is 1. The topological polar surface area (TPSA) is 13.1 Å². The SMILES string of the molecule is c1ccc2cc(-c3c4ccccc4c(-c4ccc5c(c4)sc4cc6ccoc6cc45)c4ccccc34)ccc2c1. The van der Waals surface area contributed by atoms with Crippen molar-refractivity contribution in [1.82, 2.24) is 0 Å². The summed E-state index contributed by atoms with van der Waals surface area (Å²) in [5, 5.41) is 11.3. The molecule has 0 N–H and O–H groups in total. The molecule has 0 fully saturated rings. The zero-order valence-corrected chi connectivity index (χ0v) is 22.3. The van der Waals surface area contributed by atoms with Crippen molar-refractivity contribution in [2.45, 2.75) is 0 Å². The van der Waals surface area contributed by atoms with E-state index < -0.39 is 0 Å². The fourth-order valence-corrected chi connectivity index (χ4v) is 7.66. The number of benzene rings is 7. The minimum Gasteiger partial charge on any atom is -0.464 e. The van der Waals surface area contributed by atoms with Crippen LogP contribution in [0.15, 0.2) is 138 Å². The number of rotatable bonds is 2. The van der Waals surface area contributed by atoms with E-state index in [2.05, 4.69) is 121 Å². The quantitative estimate of drug-likeness (QED) is 0.204. The van der Waals surface area contributed by atoms with E-state index >= 15 is 0 Å². The first-order valence-corrected chi connectivity index (χ1v) is 14.4. The van der Waals surface area contributed by atoms with Crippen LogP contribution in [-0.4, -0.2) is 0 Å². The van der Waals surface area contributed by atoms with E-state index in [9.17, 15) is 0 Å². The minimum atomic E-state index is 0.942. The van der Waals surface area contributed by atoms with E-state index in [-0.39, 0.29) is 0 Å². The highest BCUT2D eigenvalue weighted by atomic mass is 32.1. The summed E-state index contributed by atoms with van der Waals surface area (Å²) in [5.74, 6) is 0. The Labute approximate surface area is 234 Å². The van der Waals surface area contributed by atoms with Gasteiger partial charge in [0.05, 0.1) is 6.26 Å². The third kappa shape index (κ3) is 3.14. The van der Waals surface area contributed by atoms with Gasteiger partial charge < -0.3 is 4.42 Å². The van der Waals surface area contributed by atoms with Crippen LogP contribution in [0.3, 0.4) is 0 Å². The van der Waals surface area contributed by atoms with Crippen molar-refractivity contribution in [2.24, 2.45) is 0 Å². The lowest BCUT2D eigenvalue weighted by Gasteiger charge is -2.18. The molecule has 9 aromatic rings. The fraction of sp³-hybridized carbons (Fsp3) is 0. The van der Waals surface area contributed by atoms with Crippen LogP contribution < -0.4 is 0 Å². The maximum Gasteiger partial charge on any atom is 0.134 e. The molecule has 2 heteroatoms. The second-order valence-corrected chi connectivity index (χ2v) is 11.6. The predicted molar refractivity (Wildman–Crippen MR) is 172 cm³/mol. The van der Waals surface area contributed by atoms with Gasteiger partial charge in [0.15, 0.2) is 0 Å². The van der Waals surface area contributed by atoms with Gasteiger partial charge in [0.2, 0.25) is 0 Å². The lowest BCUT2D eigenvalue weighted by Crippen LogP contribution is -1.90. The van der Waals surface area contributed by atoms with Gasteiger partial charge in [-0.3, -0.25) is 0 Å². The predicted octanol–water partition coefficient (Wildman–Crippen LogP) is 11.6. The molecule has 2 heterocycles. The Bertz CT molecular complexity index is 2380. The minimum absolute atomic E-state index is 0.942. The van der Waals surface area contributed by atoms with E-state index in [4.69, 9.17) is 4.42 Å². The molecule has 0 spiro atoms. The summed E-state index contributed by atoms with van der Waals surface area (Å²) in [6.07, 6.45) is 1.77. The van der Waals surface area contributed by atoms with Gasteiger partial charge >= 0.3 is 0 Å². The highest BCUT2D eigenvalue weighted by Gasteiger charge is 2.18. The van der Waals surface area contributed by atoms with Crippen LogP contribution in [0.2, 0.25) is 0 Å². The zero-order valence-electron chi connectivity index (χ0n) is 21.5. The highest BCUT2D eigenvalue weighted by molar-refractivity contribution is 7.25. The van der Waals surface area contributed by atoms with E-state index in [0.717, 1.165) is 11.0 Å². The van der Waals surface area contributed by atoms with Gasteiger partial charge in [-0.15, -0.1) is 11.3 Å². The van der Waals surface area contributed by atoms with Crippen LogP contribution in [-0.2, 0) is 0 Å². The molecular formula is C38H22OS. The third-order valence-corrected chi connectivity index (χ3v) is 9.42. The average molecular weight is 527 g/mol. The molecule has 0 saturated carbocycles. The summed E-state index contributed by atoms with van der Waals surface area (Å²) in [6.45, 7) is 0. The standard InChI is InChI=1S/C38H22OS/c1-2-8-24-19-26(14-13-23(24)7-1)37-29-9-3-5-11-31(29)38(32-12-6-4-10-30(32)37)27-15-16-28-33-22-34-25(17-18-39-34)20-36(33)40-35(28)21-27/h1-22H. The molecule has 0 amide bonds. The lowest BCUT2D eigenvalue weighted by molar-refractivity contribution is 0.616. The molecule has 1 nitrogen and oxygen atoms in total. The van der Waals surface area contributed by atoms with Crippen molar-refractivity contribution >= 4 is 74.8 Å². The van der Waals surface area contributed by atoms with Crippen LogP contribution in [0.1, 0.15) is 0 Å². The summed E-state index contributed by atoms with van der Waals surface area (Å²) in [7, 11) is 0. The van der Waals surface area contributed by atoms with Gasteiger partial charge in [-0.2, -0.15) is 0 Å². The molecule has 0 aliphatic carbocycles. The van der Waals surface area contributed by atoms with Gasteiger partial charge in [0, 0.05) is 25.6 Å². The number of hydrogen-bond acceptors (Lipinski definition) is 2. The van der Waals surface area contributed by atoms with E-state index in [1.807, 2.05) is 17.4 Å². The normalized spacial score (nSPS) is 12.0. The molecular weight excluding hydrogens is 504 g/mol. The Morgan fingerprint density at radius 1 is 0.400 bits per heavy atom. The molecule has 186 valence electrons. The Balaban J connectivity index is 1.35. The molecule has 0 aliphatic heterocycles. The molecule has 0 saturated heterocycles. The Hall–Kier alpha value is -4.92. The molecule has 0 bridgehead atoms. The van der Waals surface area contributed by atoms with Crippen LogP contribution in [0.5, 0.6) is 0 Å². The first-order chi connectivity index (χ1) is 19.8. The molecule has 0 unspecified atom stereocenters. The van der Waals surface area contributed by atoms with Gasteiger partial charge in [0.1, 0.15) is 5.58 Å². The molecule has 7 aromatic carbocycles. The van der Waals surface area contributed by atoms with E-state index in [0.29, 0.717) is 0 Å². The Morgan fingerprint density at radius 3 is 1.73 bits per heavy atom. The van der Waals surface area contributed by atoms with Crippen molar-refractivity contribution < 1.29 is 4.42 Å². The maximum atomic E-state index is 5.71. The van der Waals surface area contributed by atoms with Crippen LogP contribution in [0.25, 0.3) is 85.7 Å². The van der Waals surface area contributed by atoms with Crippen molar-refractivity contribution in [2.75, 3.05) is 0 Å². The Kier molecular flexibility index (Phi) is 4.55. The third-order valence-electron chi connectivity index (χ3n) is 8.30.